The number of allylic oxidation sites excluding steroid dienone is 2. The first-order valence-electron chi connectivity index (χ1n) is 8.92. The Kier molecular flexibility index (Phi) is 5.21. The number of aromatic nitrogens is 1. The van der Waals surface area contributed by atoms with E-state index in [1.54, 1.807) is 13.0 Å². The second-order valence-corrected chi connectivity index (χ2v) is 8.08. The number of thiophene rings is 1. The summed E-state index contributed by atoms with van der Waals surface area (Å²) in [5.74, 6) is 0.905. The van der Waals surface area contributed by atoms with Crippen LogP contribution in [0.5, 0.6) is 5.88 Å². The van der Waals surface area contributed by atoms with Gasteiger partial charge < -0.3 is 15.4 Å². The zero-order chi connectivity index (χ0) is 20.5. The van der Waals surface area contributed by atoms with E-state index in [-0.39, 0.29) is 17.1 Å². The first-order valence-corrected chi connectivity index (χ1v) is 10.1. The van der Waals surface area contributed by atoms with Gasteiger partial charge in [-0.15, -0.1) is 16.4 Å². The van der Waals surface area contributed by atoms with E-state index in [0.717, 1.165) is 26.7 Å². The second kappa shape index (κ2) is 7.81. The summed E-state index contributed by atoms with van der Waals surface area (Å²) in [6.45, 7) is 7.65. The van der Waals surface area contributed by atoms with Crippen molar-refractivity contribution in [1.29, 1.82) is 0 Å². The lowest BCUT2D eigenvalue weighted by atomic mass is 10.1. The highest BCUT2D eigenvalue weighted by Gasteiger charge is 2.24. The fourth-order valence-corrected chi connectivity index (χ4v) is 4.53. The third kappa shape index (κ3) is 3.81. The van der Waals surface area contributed by atoms with Crippen LogP contribution >= 0.6 is 22.9 Å². The van der Waals surface area contributed by atoms with E-state index in [2.05, 4.69) is 32.5 Å². The standard InChI is InChI=1S/C20H18ClN5O2S/c1-10-9-23-18-17-12-4-7-16(28-11(2)8-15(21)26-22-3)25-13(12)5-6-14(17)29-19(18)20(27)24-10/h4-8,10,23H,3,9H2,1-2H3,(H,24,27)/b11-8+,26-15+/t10-/m1/s1. The second-order valence-electron chi connectivity index (χ2n) is 6.64. The largest absolute Gasteiger partial charge is 0.444 e. The summed E-state index contributed by atoms with van der Waals surface area (Å²) < 4.78 is 6.78. The van der Waals surface area contributed by atoms with Crippen molar-refractivity contribution in [3.8, 4) is 5.88 Å². The molecule has 0 aliphatic carbocycles. The summed E-state index contributed by atoms with van der Waals surface area (Å²) in [5.41, 5.74) is 1.64. The number of halogens is 1. The normalized spacial score (nSPS) is 17.5. The Bertz CT molecular complexity index is 1200. The Morgan fingerprint density at radius 3 is 3.03 bits per heavy atom. The fourth-order valence-electron chi connectivity index (χ4n) is 3.22. The maximum Gasteiger partial charge on any atom is 0.263 e. The molecule has 3 aromatic rings. The van der Waals surface area contributed by atoms with Crippen molar-refractivity contribution >= 4 is 67.4 Å². The van der Waals surface area contributed by atoms with Gasteiger partial charge in [-0.1, -0.05) is 11.6 Å². The van der Waals surface area contributed by atoms with E-state index in [1.807, 2.05) is 25.1 Å². The number of ether oxygens (including phenoxy) is 1. The minimum atomic E-state index is -0.0481. The van der Waals surface area contributed by atoms with Gasteiger partial charge in [-0.05, 0) is 32.0 Å². The highest BCUT2D eigenvalue weighted by molar-refractivity contribution is 7.21. The zero-order valence-electron chi connectivity index (χ0n) is 15.8. The third-order valence-corrected chi connectivity index (χ3v) is 5.76. The lowest BCUT2D eigenvalue weighted by Gasteiger charge is -2.10. The zero-order valence-corrected chi connectivity index (χ0v) is 17.4. The molecule has 7 nitrogen and oxygen atoms in total. The molecule has 0 spiro atoms. The van der Waals surface area contributed by atoms with Gasteiger partial charge in [0.05, 0.1) is 11.2 Å². The lowest BCUT2D eigenvalue weighted by molar-refractivity contribution is 0.0949. The van der Waals surface area contributed by atoms with E-state index < -0.39 is 0 Å². The van der Waals surface area contributed by atoms with Crippen molar-refractivity contribution in [3.63, 3.8) is 0 Å². The highest BCUT2D eigenvalue weighted by Crippen LogP contribution is 2.41. The summed E-state index contributed by atoms with van der Waals surface area (Å²) in [6.07, 6.45) is 1.54. The van der Waals surface area contributed by atoms with E-state index >= 15 is 0 Å². The molecule has 0 saturated carbocycles. The molecule has 1 aliphatic rings. The van der Waals surface area contributed by atoms with Crippen LogP contribution in [0.15, 0.2) is 46.3 Å². The molecule has 0 fully saturated rings. The Balaban J connectivity index is 1.76. The van der Waals surface area contributed by atoms with Gasteiger partial charge >= 0.3 is 0 Å². The molecule has 4 rings (SSSR count). The molecule has 2 aromatic heterocycles. The Labute approximate surface area is 176 Å². The average molecular weight is 428 g/mol. The maximum absolute atomic E-state index is 12.5. The molecular weight excluding hydrogens is 410 g/mol. The number of benzene rings is 1. The van der Waals surface area contributed by atoms with Gasteiger partial charge in [0.2, 0.25) is 5.88 Å². The van der Waals surface area contributed by atoms with Gasteiger partial charge in [0, 0.05) is 46.9 Å². The number of nitrogens with one attached hydrogen (secondary N) is 2. The van der Waals surface area contributed by atoms with E-state index in [9.17, 15) is 4.79 Å². The van der Waals surface area contributed by atoms with E-state index in [0.29, 0.717) is 23.1 Å². The first kappa shape index (κ1) is 19.4. The number of pyridine rings is 1. The monoisotopic (exact) mass is 427 g/mol. The number of hydrogen-bond acceptors (Lipinski definition) is 7. The van der Waals surface area contributed by atoms with E-state index in [4.69, 9.17) is 16.3 Å². The number of carbonyl (C=O) groups is 1. The van der Waals surface area contributed by atoms with E-state index in [1.165, 1.54) is 17.4 Å². The first-order chi connectivity index (χ1) is 14.0. The van der Waals surface area contributed by atoms with Gasteiger partial charge in [0.25, 0.3) is 5.91 Å². The van der Waals surface area contributed by atoms with Crippen LogP contribution in [0.1, 0.15) is 23.5 Å². The Morgan fingerprint density at radius 1 is 1.41 bits per heavy atom. The summed E-state index contributed by atoms with van der Waals surface area (Å²) in [5, 5.41) is 15.5. The van der Waals surface area contributed by atoms with Crippen LogP contribution in [0.25, 0.3) is 21.0 Å². The number of nitrogens with zero attached hydrogens (tertiary/aromatic N) is 3. The van der Waals surface area contributed by atoms with Crippen LogP contribution in [0.2, 0.25) is 0 Å². The van der Waals surface area contributed by atoms with Crippen LogP contribution in [0.4, 0.5) is 5.69 Å². The fraction of sp³-hybridized carbons (Fsp3) is 0.200. The molecule has 1 aliphatic heterocycles. The molecule has 1 atom stereocenters. The summed E-state index contributed by atoms with van der Waals surface area (Å²) in [6, 6.07) is 7.71. The van der Waals surface area contributed by atoms with Crippen molar-refractivity contribution in [2.75, 3.05) is 11.9 Å². The lowest BCUT2D eigenvalue weighted by Crippen LogP contribution is -2.34. The molecule has 0 radical (unpaired) electrons. The van der Waals surface area contributed by atoms with Crippen molar-refractivity contribution in [2.24, 2.45) is 10.2 Å². The molecule has 1 amide bonds. The predicted octanol–water partition coefficient (Wildman–Crippen LogP) is 4.53. The van der Waals surface area contributed by atoms with Crippen LogP contribution in [-0.2, 0) is 0 Å². The van der Waals surface area contributed by atoms with Crippen molar-refractivity contribution < 1.29 is 9.53 Å². The number of carbonyl (C=O) groups excluding carboxylic acids is 1. The van der Waals surface area contributed by atoms with Crippen LogP contribution in [0.3, 0.4) is 0 Å². The molecule has 148 valence electrons. The molecule has 29 heavy (non-hydrogen) atoms. The SMILES string of the molecule is C=N/N=C(Cl)\C=C(/C)Oc1ccc2c(ccc3sc4c(c32)NC[C@@H](C)NC4=O)n1. The molecular formula is C20H18ClN5O2S. The topological polar surface area (TPSA) is 88.0 Å². The van der Waals surface area contributed by atoms with Gasteiger partial charge in [0.1, 0.15) is 10.6 Å². The highest BCUT2D eigenvalue weighted by atomic mass is 35.5. The van der Waals surface area contributed by atoms with Gasteiger partial charge in [0.15, 0.2) is 5.17 Å². The van der Waals surface area contributed by atoms with Crippen molar-refractivity contribution in [1.82, 2.24) is 10.3 Å². The van der Waals surface area contributed by atoms with Crippen LogP contribution < -0.4 is 15.4 Å². The molecule has 1 aromatic carbocycles. The third-order valence-electron chi connectivity index (χ3n) is 4.42. The molecule has 0 unspecified atom stereocenters. The molecule has 2 N–H and O–H groups in total. The number of anilines is 1. The number of fused-ring (bicyclic) bond motifs is 5. The summed E-state index contributed by atoms with van der Waals surface area (Å²) in [7, 11) is 0. The average Bonchev–Trinajstić information content (AvgIpc) is 2.98. The maximum atomic E-state index is 12.5. The van der Waals surface area contributed by atoms with Crippen LogP contribution in [0, 0.1) is 0 Å². The molecule has 0 bridgehead atoms. The van der Waals surface area contributed by atoms with Gasteiger partial charge in [-0.3, -0.25) is 4.79 Å². The van der Waals surface area contributed by atoms with Crippen LogP contribution in [-0.4, -0.2) is 35.4 Å². The minimum absolute atomic E-state index is 0.0481. The summed E-state index contributed by atoms with van der Waals surface area (Å²) in [4.78, 5) is 17.8. The minimum Gasteiger partial charge on any atom is -0.444 e. The smallest absolute Gasteiger partial charge is 0.263 e. The quantitative estimate of drug-likeness (QED) is 0.364. The molecule has 9 heteroatoms. The number of hydrogen-bond donors (Lipinski definition) is 2. The Hall–Kier alpha value is -2.97. The predicted molar refractivity (Wildman–Crippen MR) is 120 cm³/mol. The van der Waals surface area contributed by atoms with Crippen molar-refractivity contribution in [3.05, 3.63) is 41.0 Å². The van der Waals surface area contributed by atoms with Gasteiger partial charge in [-0.25, -0.2) is 4.98 Å². The molecule has 0 saturated heterocycles. The Morgan fingerprint density at radius 2 is 2.24 bits per heavy atom. The van der Waals surface area contributed by atoms with Crippen molar-refractivity contribution in [2.45, 2.75) is 19.9 Å². The van der Waals surface area contributed by atoms with Gasteiger partial charge in [-0.2, -0.15) is 5.10 Å². The number of amides is 1. The number of rotatable bonds is 4. The summed E-state index contributed by atoms with van der Waals surface area (Å²) >= 11 is 7.37. The molecule has 3 heterocycles.